The van der Waals surface area contributed by atoms with Gasteiger partial charge in [0, 0.05) is 12.6 Å². The van der Waals surface area contributed by atoms with Gasteiger partial charge in [0.25, 0.3) is 0 Å². The first kappa shape index (κ1) is 26.8. The van der Waals surface area contributed by atoms with Crippen molar-refractivity contribution in [3.05, 3.63) is 41.5 Å². The number of phenols is 1. The summed E-state index contributed by atoms with van der Waals surface area (Å²) in [7, 11) is 1.96. The van der Waals surface area contributed by atoms with Crippen molar-refractivity contribution in [3.8, 4) is 28.9 Å². The molecular weight excluding hydrogens is 552 g/mol. The molecule has 0 radical (unpaired) electrons. The summed E-state index contributed by atoms with van der Waals surface area (Å²) in [5.41, 5.74) is 0.686. The molecule has 8 rings (SSSR count). The molecule has 2 aromatic carbocycles. The molecule has 1 atom stereocenters. The zero-order chi connectivity index (χ0) is 29.5. The summed E-state index contributed by atoms with van der Waals surface area (Å²) in [6, 6.07) is 6.13. The number of benzene rings is 2. The number of phenolic OH excluding ortho intramolecular Hbond substituents is 1. The number of aromatic nitrogens is 3. The maximum atomic E-state index is 16.9. The minimum atomic E-state index is -0.686. The van der Waals surface area contributed by atoms with Crippen molar-refractivity contribution in [2.75, 3.05) is 38.3 Å². The highest BCUT2D eigenvalue weighted by Gasteiger charge is 2.45. The normalized spacial score (nSPS) is 21.3. The quantitative estimate of drug-likeness (QED) is 0.294. The number of fused-ring (bicyclic) bond motifs is 2. The van der Waals surface area contributed by atoms with E-state index < -0.39 is 5.82 Å². The first-order valence-electron chi connectivity index (χ1n) is 15.5. The van der Waals surface area contributed by atoms with E-state index in [-0.39, 0.29) is 51.8 Å². The Morgan fingerprint density at radius 3 is 2.60 bits per heavy atom. The fourth-order valence-corrected chi connectivity index (χ4v) is 7.76. The molecule has 0 amide bonds. The molecule has 1 N–H and O–H groups in total. The minimum Gasteiger partial charge on any atom is -0.508 e. The van der Waals surface area contributed by atoms with Crippen molar-refractivity contribution in [2.45, 2.75) is 63.5 Å². The molecule has 5 heterocycles. The van der Waals surface area contributed by atoms with Gasteiger partial charge in [0.15, 0.2) is 5.82 Å². The second-order valence-electron chi connectivity index (χ2n) is 12.6. The highest BCUT2D eigenvalue weighted by molar-refractivity contribution is 6.03. The Kier molecular flexibility index (Phi) is 6.15. The van der Waals surface area contributed by atoms with Gasteiger partial charge >= 0.3 is 6.01 Å². The summed E-state index contributed by atoms with van der Waals surface area (Å²) >= 11 is 0. The lowest BCUT2D eigenvalue weighted by Gasteiger charge is -2.31. The maximum absolute atomic E-state index is 16.9. The Bertz CT molecular complexity index is 1770. The fraction of sp³-hybridized carbons (Fsp3) is 0.485. The van der Waals surface area contributed by atoms with Crippen LogP contribution >= 0.6 is 0 Å². The van der Waals surface area contributed by atoms with Crippen LogP contribution in [0.25, 0.3) is 32.9 Å². The average molecular weight is 588 g/mol. The number of pyridine rings is 1. The number of anilines is 1. The number of aryl methyl sites for hydroxylation is 1. The van der Waals surface area contributed by atoms with E-state index in [4.69, 9.17) is 19.4 Å². The third-order valence-corrected chi connectivity index (χ3v) is 10.1. The van der Waals surface area contributed by atoms with Gasteiger partial charge in [0.05, 0.1) is 11.6 Å². The number of nitrogens with zero attached hydrogens (tertiary/aromatic N) is 5. The van der Waals surface area contributed by atoms with Crippen molar-refractivity contribution in [1.29, 1.82) is 0 Å². The molecule has 1 saturated carbocycles. The van der Waals surface area contributed by atoms with Crippen molar-refractivity contribution in [1.82, 2.24) is 19.9 Å². The Labute approximate surface area is 248 Å². The van der Waals surface area contributed by atoms with Gasteiger partial charge in [-0.05, 0) is 98.5 Å². The van der Waals surface area contributed by atoms with Crippen molar-refractivity contribution in [2.24, 2.45) is 5.92 Å². The fourth-order valence-electron chi connectivity index (χ4n) is 7.76. The summed E-state index contributed by atoms with van der Waals surface area (Å²) < 4.78 is 44.5. The lowest BCUT2D eigenvalue weighted by molar-refractivity contribution is 0.108. The first-order valence-corrected chi connectivity index (χ1v) is 15.5. The minimum absolute atomic E-state index is 0.0216. The Morgan fingerprint density at radius 2 is 1.86 bits per heavy atom. The van der Waals surface area contributed by atoms with E-state index in [0.29, 0.717) is 53.1 Å². The summed E-state index contributed by atoms with van der Waals surface area (Å²) in [6.45, 7) is 4.81. The SMILES string of the molecule is CCc1c(F)ccc2cc(O)cc(-c3nc4c5c(nc(OCC67CCCN6CCC7)nc5c3F)N(C)C(C3CC3)CO4)c12. The molecule has 10 heteroatoms. The number of likely N-dealkylation sites (N-methyl/N-ethyl adjacent to an activating group) is 1. The predicted molar refractivity (Wildman–Crippen MR) is 160 cm³/mol. The zero-order valence-electron chi connectivity index (χ0n) is 24.5. The van der Waals surface area contributed by atoms with E-state index in [9.17, 15) is 5.11 Å². The van der Waals surface area contributed by atoms with Gasteiger partial charge in [-0.1, -0.05) is 13.0 Å². The summed E-state index contributed by atoms with van der Waals surface area (Å²) in [5.74, 6) is 0.0725. The second kappa shape index (κ2) is 9.87. The van der Waals surface area contributed by atoms with Crippen LogP contribution in [0.15, 0.2) is 24.3 Å². The smallest absolute Gasteiger partial charge is 0.319 e. The maximum Gasteiger partial charge on any atom is 0.319 e. The predicted octanol–water partition coefficient (Wildman–Crippen LogP) is 6.01. The standard InChI is InChI=1S/C33H35F2N5O3/c1-3-21-23(34)9-8-19-14-20(41)15-22(25(19)21)28-27(35)29-26-30(39(2)24(18-6-7-18)16-42-31(26)36-28)38-32(37-29)43-17-33-10-4-12-40(33)13-5-11-33/h8-9,14-15,18,24,41H,3-7,10-13,16-17H2,1-2H3. The van der Waals surface area contributed by atoms with Crippen LogP contribution in [0.2, 0.25) is 0 Å². The molecule has 1 unspecified atom stereocenters. The van der Waals surface area contributed by atoms with Crippen LogP contribution in [0.3, 0.4) is 0 Å². The van der Waals surface area contributed by atoms with Gasteiger partial charge in [0.2, 0.25) is 5.88 Å². The molecule has 224 valence electrons. The molecule has 4 aromatic rings. The third kappa shape index (κ3) is 4.20. The van der Waals surface area contributed by atoms with Crippen molar-refractivity contribution < 1.29 is 23.4 Å². The van der Waals surface area contributed by atoms with Gasteiger partial charge < -0.3 is 19.5 Å². The van der Waals surface area contributed by atoms with E-state index in [1.54, 1.807) is 12.1 Å². The van der Waals surface area contributed by atoms with Gasteiger partial charge in [-0.25, -0.2) is 13.8 Å². The molecule has 3 aliphatic heterocycles. The Hall–Kier alpha value is -3.79. The van der Waals surface area contributed by atoms with Crippen LogP contribution in [0.5, 0.6) is 17.6 Å². The molecule has 3 fully saturated rings. The van der Waals surface area contributed by atoms with Crippen LogP contribution in [-0.2, 0) is 6.42 Å². The summed E-state index contributed by atoms with van der Waals surface area (Å²) in [5, 5.41) is 12.1. The molecule has 43 heavy (non-hydrogen) atoms. The van der Waals surface area contributed by atoms with Gasteiger partial charge in [-0.15, -0.1) is 0 Å². The average Bonchev–Trinajstić information content (AvgIpc) is 3.67. The van der Waals surface area contributed by atoms with Crippen LogP contribution in [0.4, 0.5) is 14.6 Å². The van der Waals surface area contributed by atoms with E-state index in [1.165, 1.54) is 12.1 Å². The number of aromatic hydroxyl groups is 1. The highest BCUT2D eigenvalue weighted by atomic mass is 19.1. The number of hydrogen-bond donors (Lipinski definition) is 1. The molecular formula is C33H35F2N5O3. The summed E-state index contributed by atoms with van der Waals surface area (Å²) in [4.78, 5) is 18.8. The summed E-state index contributed by atoms with van der Waals surface area (Å²) in [6.07, 6.45) is 6.99. The van der Waals surface area contributed by atoms with Gasteiger partial charge in [-0.3, -0.25) is 4.90 Å². The van der Waals surface area contributed by atoms with Crippen LogP contribution in [-0.4, -0.2) is 69.9 Å². The van der Waals surface area contributed by atoms with E-state index >= 15 is 8.78 Å². The molecule has 0 bridgehead atoms. The first-order chi connectivity index (χ1) is 20.9. The van der Waals surface area contributed by atoms with Crippen LogP contribution < -0.4 is 14.4 Å². The van der Waals surface area contributed by atoms with Gasteiger partial charge in [0.1, 0.15) is 47.2 Å². The Balaban J connectivity index is 1.33. The van der Waals surface area contributed by atoms with E-state index in [2.05, 4.69) is 14.8 Å². The highest BCUT2D eigenvalue weighted by Crippen LogP contribution is 2.46. The number of hydrogen-bond acceptors (Lipinski definition) is 8. The molecule has 0 spiro atoms. The molecule has 2 saturated heterocycles. The molecule has 2 aromatic heterocycles. The second-order valence-corrected chi connectivity index (χ2v) is 12.6. The largest absolute Gasteiger partial charge is 0.508 e. The number of ether oxygens (including phenoxy) is 2. The number of rotatable bonds is 6. The van der Waals surface area contributed by atoms with Gasteiger partial charge in [-0.2, -0.15) is 9.97 Å². The number of halogens is 2. The van der Waals surface area contributed by atoms with Crippen molar-refractivity contribution >= 4 is 27.5 Å². The molecule has 1 aliphatic carbocycles. The van der Waals surface area contributed by atoms with Crippen LogP contribution in [0, 0.1) is 17.6 Å². The van der Waals surface area contributed by atoms with E-state index in [1.807, 2.05) is 14.0 Å². The Morgan fingerprint density at radius 1 is 1.07 bits per heavy atom. The molecule has 8 nitrogen and oxygen atoms in total. The van der Waals surface area contributed by atoms with Crippen LogP contribution in [0.1, 0.15) is 51.0 Å². The van der Waals surface area contributed by atoms with Crippen molar-refractivity contribution in [3.63, 3.8) is 0 Å². The third-order valence-electron chi connectivity index (χ3n) is 10.1. The lowest BCUT2D eigenvalue weighted by Crippen LogP contribution is -2.43. The monoisotopic (exact) mass is 587 g/mol. The molecule has 4 aliphatic rings. The van der Waals surface area contributed by atoms with E-state index in [0.717, 1.165) is 51.6 Å². The topological polar surface area (TPSA) is 83.8 Å². The zero-order valence-corrected chi connectivity index (χ0v) is 24.5. The lowest BCUT2D eigenvalue weighted by atomic mass is 9.94.